The Kier molecular flexibility index (Phi) is 5.46. The van der Waals surface area contributed by atoms with Crippen LogP contribution in [0.2, 0.25) is 0 Å². The average molecular weight is 422 g/mol. The molecule has 0 radical (unpaired) electrons. The van der Waals surface area contributed by atoms with E-state index in [-0.39, 0.29) is 17.1 Å². The van der Waals surface area contributed by atoms with Crippen molar-refractivity contribution in [3.8, 4) is 11.5 Å². The van der Waals surface area contributed by atoms with E-state index in [0.717, 1.165) is 11.1 Å². The zero-order valence-corrected chi connectivity index (χ0v) is 17.2. The van der Waals surface area contributed by atoms with Gasteiger partial charge in [-0.15, -0.1) is 0 Å². The smallest absolute Gasteiger partial charge is 0.279 e. The zero-order chi connectivity index (χ0) is 21.3. The lowest BCUT2D eigenvalue weighted by molar-refractivity contribution is 0.0745. The molecule has 30 heavy (non-hydrogen) atoms. The minimum Gasteiger partial charge on any atom is -0.507 e. The van der Waals surface area contributed by atoms with Crippen molar-refractivity contribution in [1.82, 2.24) is 5.01 Å². The molecule has 7 heteroatoms. The molecule has 5 nitrogen and oxygen atoms in total. The summed E-state index contributed by atoms with van der Waals surface area (Å²) in [6, 6.07) is 18.0. The molecule has 152 valence electrons. The number of hydrogen-bond acceptors (Lipinski definition) is 5. The van der Waals surface area contributed by atoms with Crippen LogP contribution in [0, 0.1) is 12.7 Å². The van der Waals surface area contributed by atoms with Gasteiger partial charge >= 0.3 is 0 Å². The van der Waals surface area contributed by atoms with E-state index in [1.165, 1.54) is 35.0 Å². The zero-order valence-electron chi connectivity index (χ0n) is 16.4. The van der Waals surface area contributed by atoms with Crippen molar-refractivity contribution >= 4 is 22.7 Å². The molecule has 1 N–H and O–H groups in total. The maximum atomic E-state index is 13.4. The molecule has 1 amide bonds. The number of amides is 1. The van der Waals surface area contributed by atoms with Crippen molar-refractivity contribution in [2.45, 2.75) is 12.3 Å². The number of aryl methyl sites for hydroxylation is 1. The molecule has 1 unspecified atom stereocenters. The molecule has 4 rings (SSSR count). The van der Waals surface area contributed by atoms with Crippen LogP contribution in [-0.4, -0.2) is 28.2 Å². The number of para-hydroxylation sites is 1. The number of nitrogens with zero attached hydrogens (tertiary/aromatic N) is 2. The van der Waals surface area contributed by atoms with E-state index in [1.807, 2.05) is 25.1 Å². The lowest BCUT2D eigenvalue weighted by atomic mass is 10.1. The molecule has 0 aromatic heterocycles. The number of hydrogen-bond donors (Lipinski definition) is 1. The Bertz CT molecular complexity index is 1130. The van der Waals surface area contributed by atoms with Crippen LogP contribution in [0.1, 0.15) is 32.4 Å². The van der Waals surface area contributed by atoms with Crippen molar-refractivity contribution in [2.75, 3.05) is 7.11 Å². The van der Waals surface area contributed by atoms with Gasteiger partial charge in [0.2, 0.25) is 0 Å². The fourth-order valence-corrected chi connectivity index (χ4v) is 4.38. The van der Waals surface area contributed by atoms with Gasteiger partial charge in [0.05, 0.1) is 12.7 Å². The molecule has 1 aliphatic heterocycles. The van der Waals surface area contributed by atoms with Crippen molar-refractivity contribution < 1.29 is 19.0 Å². The number of aromatic hydroxyl groups is 1. The quantitative estimate of drug-likeness (QED) is 0.636. The summed E-state index contributed by atoms with van der Waals surface area (Å²) in [5, 5.41) is 16.1. The first-order valence-corrected chi connectivity index (χ1v) is 10.1. The summed E-state index contributed by atoms with van der Waals surface area (Å²) in [7, 11) is 1.58. The van der Waals surface area contributed by atoms with Gasteiger partial charge in [0.15, 0.2) is 0 Å². The number of thioether (sulfide) groups is 1. The summed E-state index contributed by atoms with van der Waals surface area (Å²) in [6.07, 6.45) is 0. The number of ether oxygens (including phenoxy) is 1. The number of carbonyl (C=O) groups is 1. The van der Waals surface area contributed by atoms with Crippen LogP contribution in [-0.2, 0) is 0 Å². The number of phenols is 1. The Morgan fingerprint density at radius 1 is 1.13 bits per heavy atom. The Morgan fingerprint density at radius 3 is 2.57 bits per heavy atom. The lowest BCUT2D eigenvalue weighted by Crippen LogP contribution is -2.26. The maximum absolute atomic E-state index is 13.4. The molecule has 0 aliphatic carbocycles. The van der Waals surface area contributed by atoms with E-state index >= 15 is 0 Å². The summed E-state index contributed by atoms with van der Waals surface area (Å²) in [6.45, 7) is 1.96. The minimum atomic E-state index is -0.507. The minimum absolute atomic E-state index is 0.118. The molecule has 0 saturated carbocycles. The Hall–Kier alpha value is -3.32. The second-order valence-electron chi connectivity index (χ2n) is 6.79. The molecule has 0 fully saturated rings. The summed E-state index contributed by atoms with van der Waals surface area (Å²) in [4.78, 5) is 13.3. The highest BCUT2D eigenvalue weighted by atomic mass is 32.2. The van der Waals surface area contributed by atoms with Crippen molar-refractivity contribution in [3.05, 3.63) is 94.8 Å². The van der Waals surface area contributed by atoms with Gasteiger partial charge in [-0.05, 0) is 55.0 Å². The van der Waals surface area contributed by atoms with Crippen molar-refractivity contribution in [3.63, 3.8) is 0 Å². The molecule has 0 saturated heterocycles. The van der Waals surface area contributed by atoms with Gasteiger partial charge in [-0.25, -0.2) is 9.40 Å². The number of rotatable bonds is 4. The van der Waals surface area contributed by atoms with E-state index in [1.54, 1.807) is 37.4 Å². The highest BCUT2D eigenvalue weighted by Gasteiger charge is 2.37. The standard InChI is InChI=1S/C23H19FN2O3S/c1-14-7-12-18(20(13-14)29-2)23-26(22(28)17-5-3-4-6-19(17)27)25-21(30-23)15-8-10-16(24)11-9-15/h3-13,23,27H,1-2H3. The van der Waals surface area contributed by atoms with Crippen LogP contribution in [0.4, 0.5) is 4.39 Å². The van der Waals surface area contributed by atoms with Crippen molar-refractivity contribution in [1.29, 1.82) is 0 Å². The average Bonchev–Trinajstić information content (AvgIpc) is 3.19. The second-order valence-corrected chi connectivity index (χ2v) is 7.86. The predicted molar refractivity (Wildman–Crippen MR) is 115 cm³/mol. The Morgan fingerprint density at radius 2 is 1.87 bits per heavy atom. The third-order valence-corrected chi connectivity index (χ3v) is 5.95. The van der Waals surface area contributed by atoms with E-state index in [2.05, 4.69) is 5.10 Å². The van der Waals surface area contributed by atoms with Gasteiger partial charge < -0.3 is 9.84 Å². The normalized spacial score (nSPS) is 15.8. The number of phenolic OH excluding ortho intramolecular Hbond substituents is 1. The fourth-order valence-electron chi connectivity index (χ4n) is 3.20. The monoisotopic (exact) mass is 422 g/mol. The molecule has 0 bridgehead atoms. The first-order valence-electron chi connectivity index (χ1n) is 9.25. The highest BCUT2D eigenvalue weighted by Crippen LogP contribution is 2.45. The number of methoxy groups -OCH3 is 1. The highest BCUT2D eigenvalue weighted by molar-refractivity contribution is 8.14. The van der Waals surface area contributed by atoms with E-state index < -0.39 is 11.3 Å². The molecular weight excluding hydrogens is 403 g/mol. The fraction of sp³-hybridized carbons (Fsp3) is 0.130. The summed E-state index contributed by atoms with van der Waals surface area (Å²) < 4.78 is 18.9. The molecule has 1 heterocycles. The second kappa shape index (κ2) is 8.20. The van der Waals surface area contributed by atoms with Gasteiger partial charge in [-0.2, -0.15) is 5.10 Å². The SMILES string of the molecule is COc1cc(C)ccc1C1SC(c2ccc(F)cc2)=NN1C(=O)c1ccccc1O. The Balaban J connectivity index is 1.79. The van der Waals surface area contributed by atoms with Gasteiger partial charge in [0.1, 0.15) is 27.7 Å². The van der Waals surface area contributed by atoms with Crippen LogP contribution >= 0.6 is 11.8 Å². The predicted octanol–water partition coefficient (Wildman–Crippen LogP) is 5.10. The number of halogens is 1. The van der Waals surface area contributed by atoms with Crippen LogP contribution < -0.4 is 4.74 Å². The van der Waals surface area contributed by atoms with Crippen LogP contribution in [0.25, 0.3) is 0 Å². The molecule has 0 spiro atoms. The topological polar surface area (TPSA) is 62.1 Å². The summed E-state index contributed by atoms with van der Waals surface area (Å²) in [5.74, 6) is -0.266. The first kappa shape index (κ1) is 20.0. The van der Waals surface area contributed by atoms with Gasteiger partial charge in [-0.3, -0.25) is 4.79 Å². The van der Waals surface area contributed by atoms with E-state index in [9.17, 15) is 14.3 Å². The van der Waals surface area contributed by atoms with Gasteiger partial charge in [0, 0.05) is 11.1 Å². The maximum Gasteiger partial charge on any atom is 0.279 e. The van der Waals surface area contributed by atoms with Gasteiger partial charge in [-0.1, -0.05) is 36.0 Å². The molecule has 3 aromatic carbocycles. The van der Waals surface area contributed by atoms with E-state index in [0.29, 0.717) is 16.4 Å². The number of hydrazone groups is 1. The van der Waals surface area contributed by atoms with Crippen LogP contribution in [0.3, 0.4) is 0 Å². The van der Waals surface area contributed by atoms with Crippen molar-refractivity contribution in [2.24, 2.45) is 5.10 Å². The first-order chi connectivity index (χ1) is 14.5. The van der Waals surface area contributed by atoms with E-state index in [4.69, 9.17) is 4.74 Å². The molecule has 1 aliphatic rings. The third kappa shape index (κ3) is 3.76. The van der Waals surface area contributed by atoms with Crippen LogP contribution in [0.5, 0.6) is 11.5 Å². The largest absolute Gasteiger partial charge is 0.507 e. The van der Waals surface area contributed by atoms with Gasteiger partial charge in [0.25, 0.3) is 5.91 Å². The van der Waals surface area contributed by atoms with Crippen LogP contribution in [0.15, 0.2) is 71.8 Å². The summed E-state index contributed by atoms with van der Waals surface area (Å²) in [5.41, 5.74) is 2.65. The molecular formula is C23H19FN2O3S. The third-order valence-electron chi connectivity index (χ3n) is 4.73. The molecule has 1 atom stereocenters. The number of benzene rings is 3. The number of carbonyl (C=O) groups excluding carboxylic acids is 1. The molecule has 3 aromatic rings. The lowest BCUT2D eigenvalue weighted by Gasteiger charge is -2.23. The summed E-state index contributed by atoms with van der Waals surface area (Å²) >= 11 is 1.37. The Labute approximate surface area is 177 Å².